The van der Waals surface area contributed by atoms with Crippen molar-refractivity contribution in [2.75, 3.05) is 6.61 Å². The summed E-state index contributed by atoms with van der Waals surface area (Å²) in [6.45, 7) is 2.12. The molecule has 1 aliphatic carbocycles. The fourth-order valence-electron chi connectivity index (χ4n) is 4.13. The van der Waals surface area contributed by atoms with Crippen LogP contribution in [-0.4, -0.2) is 39.6 Å². The lowest BCUT2D eigenvalue weighted by atomic mass is 9.98. The van der Waals surface area contributed by atoms with Gasteiger partial charge in [-0.25, -0.2) is 9.59 Å². The van der Waals surface area contributed by atoms with Crippen molar-refractivity contribution in [3.8, 4) is 11.1 Å². The van der Waals surface area contributed by atoms with Crippen LogP contribution in [0.25, 0.3) is 11.1 Å². The maximum absolute atomic E-state index is 12.5. The molecule has 2 aromatic carbocycles. The van der Waals surface area contributed by atoms with Gasteiger partial charge in [0.2, 0.25) is 0 Å². The molecule has 0 bridgehead atoms. The standard InChI is InChI=1S/C24H25N3O4/c1-3-15-12-16(27(2)26-15)13-22(23(28)29)25-24(30)31-14-21-19-10-6-4-8-17(19)18-9-5-7-11-20(18)21/h4-12,21-22H,3,13-14H2,1-2H3,(H,25,30)(H,28,29). The van der Waals surface area contributed by atoms with Crippen molar-refractivity contribution in [2.45, 2.75) is 31.7 Å². The Morgan fingerprint density at radius 3 is 2.29 bits per heavy atom. The van der Waals surface area contributed by atoms with E-state index in [4.69, 9.17) is 4.74 Å². The Kier molecular flexibility index (Phi) is 5.75. The van der Waals surface area contributed by atoms with E-state index in [2.05, 4.69) is 22.5 Å². The van der Waals surface area contributed by atoms with Crippen LogP contribution >= 0.6 is 0 Å². The van der Waals surface area contributed by atoms with E-state index < -0.39 is 18.1 Å². The highest BCUT2D eigenvalue weighted by Crippen LogP contribution is 2.44. The number of hydrogen-bond donors (Lipinski definition) is 2. The lowest BCUT2D eigenvalue weighted by molar-refractivity contribution is -0.139. The number of hydrogen-bond acceptors (Lipinski definition) is 4. The number of fused-ring (bicyclic) bond motifs is 3. The lowest BCUT2D eigenvalue weighted by Gasteiger charge is -2.17. The van der Waals surface area contributed by atoms with Gasteiger partial charge in [-0.05, 0) is 34.7 Å². The molecule has 1 aromatic heterocycles. The van der Waals surface area contributed by atoms with E-state index in [1.165, 1.54) is 0 Å². The van der Waals surface area contributed by atoms with Crippen LogP contribution in [0.4, 0.5) is 4.79 Å². The molecular formula is C24H25N3O4. The number of carbonyl (C=O) groups is 2. The quantitative estimate of drug-likeness (QED) is 0.611. The highest BCUT2D eigenvalue weighted by atomic mass is 16.5. The van der Waals surface area contributed by atoms with Gasteiger partial charge in [0.05, 0.1) is 5.69 Å². The van der Waals surface area contributed by atoms with Crippen molar-refractivity contribution in [2.24, 2.45) is 7.05 Å². The average Bonchev–Trinajstić information content (AvgIpc) is 3.29. The number of amides is 1. The lowest BCUT2D eigenvalue weighted by Crippen LogP contribution is -2.43. The van der Waals surface area contributed by atoms with Gasteiger partial charge in [-0.3, -0.25) is 4.68 Å². The van der Waals surface area contributed by atoms with Crippen molar-refractivity contribution in [3.63, 3.8) is 0 Å². The molecule has 0 saturated heterocycles. The molecule has 7 nitrogen and oxygen atoms in total. The van der Waals surface area contributed by atoms with Crippen molar-refractivity contribution < 1.29 is 19.4 Å². The maximum atomic E-state index is 12.5. The van der Waals surface area contributed by atoms with E-state index in [1.807, 2.05) is 49.4 Å². The van der Waals surface area contributed by atoms with Crippen molar-refractivity contribution in [3.05, 3.63) is 77.1 Å². The van der Waals surface area contributed by atoms with Gasteiger partial charge in [-0.15, -0.1) is 0 Å². The minimum atomic E-state index is -1.12. The third-order valence-electron chi connectivity index (χ3n) is 5.74. The number of benzene rings is 2. The summed E-state index contributed by atoms with van der Waals surface area (Å²) in [6, 6.07) is 16.9. The third-order valence-corrected chi connectivity index (χ3v) is 5.74. The van der Waals surface area contributed by atoms with Gasteiger partial charge in [0.1, 0.15) is 12.6 Å². The number of nitrogens with one attached hydrogen (secondary N) is 1. The smallest absolute Gasteiger partial charge is 0.407 e. The molecule has 7 heteroatoms. The zero-order valence-electron chi connectivity index (χ0n) is 17.5. The highest BCUT2D eigenvalue weighted by molar-refractivity contribution is 5.81. The molecule has 1 atom stereocenters. The zero-order chi connectivity index (χ0) is 22.0. The Hall–Kier alpha value is -3.61. The van der Waals surface area contributed by atoms with E-state index in [9.17, 15) is 14.7 Å². The molecular weight excluding hydrogens is 394 g/mol. The van der Waals surface area contributed by atoms with Crippen LogP contribution in [0.2, 0.25) is 0 Å². The summed E-state index contributed by atoms with van der Waals surface area (Å²) in [7, 11) is 1.76. The summed E-state index contributed by atoms with van der Waals surface area (Å²) in [4.78, 5) is 24.2. The number of ether oxygens (including phenoxy) is 1. The molecule has 3 aromatic rings. The number of rotatable bonds is 7. The molecule has 1 aliphatic rings. The van der Waals surface area contributed by atoms with Crippen LogP contribution in [0.3, 0.4) is 0 Å². The van der Waals surface area contributed by atoms with Crippen LogP contribution in [0.15, 0.2) is 54.6 Å². The normalized spacial score (nSPS) is 13.4. The molecule has 2 N–H and O–H groups in total. The first-order valence-electron chi connectivity index (χ1n) is 10.3. The van der Waals surface area contributed by atoms with E-state index in [1.54, 1.807) is 11.7 Å². The molecule has 1 unspecified atom stereocenters. The van der Waals surface area contributed by atoms with Gasteiger partial charge in [0.25, 0.3) is 0 Å². The van der Waals surface area contributed by atoms with Crippen LogP contribution in [0.5, 0.6) is 0 Å². The fraction of sp³-hybridized carbons (Fsp3) is 0.292. The van der Waals surface area contributed by atoms with Gasteiger partial charge in [-0.1, -0.05) is 55.5 Å². The number of nitrogens with zero attached hydrogens (tertiary/aromatic N) is 2. The predicted octanol–water partition coefficient (Wildman–Crippen LogP) is 3.52. The number of aromatic nitrogens is 2. The van der Waals surface area contributed by atoms with Gasteiger partial charge in [-0.2, -0.15) is 5.10 Å². The number of carboxylic acid groups (broad SMARTS) is 1. The third kappa shape index (κ3) is 4.17. The highest BCUT2D eigenvalue weighted by Gasteiger charge is 2.30. The zero-order valence-corrected chi connectivity index (χ0v) is 17.5. The average molecular weight is 419 g/mol. The Labute approximate surface area is 180 Å². The molecule has 0 aliphatic heterocycles. The first kappa shape index (κ1) is 20.7. The summed E-state index contributed by atoms with van der Waals surface area (Å²) in [5, 5.41) is 16.4. The second kappa shape index (κ2) is 8.63. The van der Waals surface area contributed by atoms with E-state index in [-0.39, 0.29) is 18.9 Å². The van der Waals surface area contributed by atoms with Crippen molar-refractivity contribution in [1.82, 2.24) is 15.1 Å². The number of carbonyl (C=O) groups excluding carboxylic acids is 1. The summed E-state index contributed by atoms with van der Waals surface area (Å²) in [5.41, 5.74) is 6.10. The Balaban J connectivity index is 1.43. The van der Waals surface area contributed by atoms with Crippen LogP contribution < -0.4 is 5.32 Å². The number of aryl methyl sites for hydroxylation is 2. The molecule has 4 rings (SSSR count). The second-order valence-corrected chi connectivity index (χ2v) is 7.67. The number of aliphatic carboxylic acids is 1. The summed E-state index contributed by atoms with van der Waals surface area (Å²) < 4.78 is 7.13. The monoisotopic (exact) mass is 419 g/mol. The molecule has 0 saturated carbocycles. The molecule has 0 radical (unpaired) electrons. The Morgan fingerprint density at radius 1 is 1.13 bits per heavy atom. The number of alkyl carbamates (subject to hydrolysis) is 1. The first-order chi connectivity index (χ1) is 15.0. The van der Waals surface area contributed by atoms with E-state index in [0.29, 0.717) is 0 Å². The summed E-state index contributed by atoms with van der Waals surface area (Å²) >= 11 is 0. The molecule has 160 valence electrons. The summed E-state index contributed by atoms with van der Waals surface area (Å²) in [5.74, 6) is -1.20. The number of carboxylic acids is 1. The largest absolute Gasteiger partial charge is 0.480 e. The fourth-order valence-corrected chi connectivity index (χ4v) is 4.13. The minimum absolute atomic E-state index is 0.0781. The molecule has 1 amide bonds. The predicted molar refractivity (Wildman–Crippen MR) is 116 cm³/mol. The van der Waals surface area contributed by atoms with Crippen molar-refractivity contribution in [1.29, 1.82) is 0 Å². The van der Waals surface area contributed by atoms with Crippen LogP contribution in [0, 0.1) is 0 Å². The second-order valence-electron chi connectivity index (χ2n) is 7.67. The summed E-state index contributed by atoms with van der Waals surface area (Å²) in [6.07, 6.45) is 0.140. The van der Waals surface area contributed by atoms with Gasteiger partial charge < -0.3 is 15.2 Å². The topological polar surface area (TPSA) is 93.5 Å². The van der Waals surface area contributed by atoms with Crippen LogP contribution in [0.1, 0.15) is 35.4 Å². The molecule has 0 spiro atoms. The Bertz CT molecular complexity index is 1080. The maximum Gasteiger partial charge on any atom is 0.407 e. The molecule has 1 heterocycles. The van der Waals surface area contributed by atoms with Gasteiger partial charge in [0, 0.05) is 25.1 Å². The van der Waals surface area contributed by atoms with Crippen LogP contribution in [-0.2, 0) is 29.4 Å². The van der Waals surface area contributed by atoms with E-state index >= 15 is 0 Å². The first-order valence-corrected chi connectivity index (χ1v) is 10.3. The van der Waals surface area contributed by atoms with Crippen molar-refractivity contribution >= 4 is 12.1 Å². The molecule has 0 fully saturated rings. The SMILES string of the molecule is CCc1cc(CC(NC(=O)OCC2c3ccccc3-c3ccccc32)C(=O)O)n(C)n1. The van der Waals surface area contributed by atoms with Gasteiger partial charge in [0.15, 0.2) is 0 Å². The molecule has 31 heavy (non-hydrogen) atoms. The van der Waals surface area contributed by atoms with E-state index in [0.717, 1.165) is 40.1 Å². The minimum Gasteiger partial charge on any atom is -0.480 e. The van der Waals surface area contributed by atoms with Gasteiger partial charge >= 0.3 is 12.1 Å². The Morgan fingerprint density at radius 2 is 1.74 bits per heavy atom.